The summed E-state index contributed by atoms with van der Waals surface area (Å²) in [5.41, 5.74) is 5.61. The van der Waals surface area contributed by atoms with E-state index < -0.39 is 6.04 Å². The van der Waals surface area contributed by atoms with Crippen LogP contribution in [0.15, 0.2) is 12.7 Å². The number of carbonyl (C=O) groups excluding carboxylic acids is 1. The summed E-state index contributed by atoms with van der Waals surface area (Å²) in [5, 5.41) is 0. The zero-order chi connectivity index (χ0) is 10.4. The third-order valence-electron chi connectivity index (χ3n) is 1.77. The van der Waals surface area contributed by atoms with E-state index in [-0.39, 0.29) is 11.9 Å². The molecule has 0 radical (unpaired) electrons. The maximum Gasteiger partial charge on any atom is 0.323 e. The normalized spacial score (nSPS) is 15.2. The molecule has 2 N–H and O–H groups in total. The van der Waals surface area contributed by atoms with E-state index in [9.17, 15) is 4.79 Å². The summed E-state index contributed by atoms with van der Waals surface area (Å²) >= 11 is 0. The summed E-state index contributed by atoms with van der Waals surface area (Å²) in [6.07, 6.45) is 1.65. The molecule has 0 aliphatic carbocycles. The van der Waals surface area contributed by atoms with E-state index in [1.807, 2.05) is 20.8 Å². The minimum atomic E-state index is -0.587. The summed E-state index contributed by atoms with van der Waals surface area (Å²) in [6, 6.07) is -0.587. The number of ether oxygens (including phenoxy) is 1. The Hall–Kier alpha value is -0.830. The first kappa shape index (κ1) is 12.2. The van der Waals surface area contributed by atoms with Crippen LogP contribution in [0.3, 0.4) is 0 Å². The van der Waals surface area contributed by atoms with Crippen molar-refractivity contribution in [2.45, 2.75) is 26.8 Å². The highest BCUT2D eigenvalue weighted by molar-refractivity contribution is 5.76. The first-order valence-corrected chi connectivity index (χ1v) is 4.53. The van der Waals surface area contributed by atoms with E-state index in [1.54, 1.807) is 6.08 Å². The van der Waals surface area contributed by atoms with Gasteiger partial charge in [0, 0.05) is 0 Å². The zero-order valence-electron chi connectivity index (χ0n) is 8.62. The first-order chi connectivity index (χ1) is 5.99. The van der Waals surface area contributed by atoms with E-state index in [1.165, 1.54) is 0 Å². The molecule has 0 saturated heterocycles. The van der Waals surface area contributed by atoms with Crippen molar-refractivity contribution < 1.29 is 9.53 Å². The van der Waals surface area contributed by atoms with Gasteiger partial charge in [-0.1, -0.05) is 26.8 Å². The van der Waals surface area contributed by atoms with Gasteiger partial charge < -0.3 is 10.5 Å². The van der Waals surface area contributed by atoms with Gasteiger partial charge in [0.1, 0.15) is 6.04 Å². The third kappa shape index (κ3) is 4.68. The Kier molecular flexibility index (Phi) is 5.39. The second-order valence-electron chi connectivity index (χ2n) is 3.64. The van der Waals surface area contributed by atoms with Crippen molar-refractivity contribution in [2.75, 3.05) is 6.61 Å². The lowest BCUT2D eigenvalue weighted by atomic mass is 10.0. The number of hydrogen-bond donors (Lipinski definition) is 1. The van der Waals surface area contributed by atoms with Gasteiger partial charge in [-0.2, -0.15) is 0 Å². The lowest BCUT2D eigenvalue weighted by Crippen LogP contribution is -2.37. The van der Waals surface area contributed by atoms with Gasteiger partial charge >= 0.3 is 5.97 Å². The first-order valence-electron chi connectivity index (χ1n) is 4.53. The summed E-state index contributed by atoms with van der Waals surface area (Å²) in [6.45, 7) is 9.80. The summed E-state index contributed by atoms with van der Waals surface area (Å²) in [5.74, 6) is -0.0454. The highest BCUT2D eigenvalue weighted by Gasteiger charge is 2.19. The van der Waals surface area contributed by atoms with Gasteiger partial charge in [0.05, 0.1) is 6.61 Å². The molecule has 0 aromatic heterocycles. The fourth-order valence-electron chi connectivity index (χ4n) is 0.706. The third-order valence-corrected chi connectivity index (χ3v) is 1.77. The van der Waals surface area contributed by atoms with E-state index in [0.717, 1.165) is 0 Å². The molecule has 0 fully saturated rings. The molecule has 0 rings (SSSR count). The maximum absolute atomic E-state index is 11.3. The summed E-state index contributed by atoms with van der Waals surface area (Å²) in [7, 11) is 0. The van der Waals surface area contributed by atoms with Gasteiger partial charge in [-0.15, -0.1) is 6.58 Å². The number of rotatable bonds is 5. The molecule has 0 aliphatic rings. The van der Waals surface area contributed by atoms with Crippen molar-refractivity contribution in [1.29, 1.82) is 0 Å². The topological polar surface area (TPSA) is 52.3 Å². The van der Waals surface area contributed by atoms with Crippen molar-refractivity contribution >= 4 is 5.97 Å². The molecule has 76 valence electrons. The lowest BCUT2D eigenvalue weighted by Gasteiger charge is -2.15. The smallest absolute Gasteiger partial charge is 0.323 e. The van der Waals surface area contributed by atoms with E-state index in [4.69, 9.17) is 10.5 Å². The molecule has 2 atom stereocenters. The quantitative estimate of drug-likeness (QED) is 0.519. The summed E-state index contributed by atoms with van der Waals surface area (Å²) < 4.78 is 4.98. The fourth-order valence-corrected chi connectivity index (χ4v) is 0.706. The van der Waals surface area contributed by atoms with Crippen LogP contribution in [-0.2, 0) is 9.53 Å². The molecule has 0 spiro atoms. The monoisotopic (exact) mass is 185 g/mol. The Labute approximate surface area is 79.9 Å². The molecule has 0 aromatic rings. The van der Waals surface area contributed by atoms with Crippen LogP contribution in [0, 0.1) is 11.8 Å². The molecular weight excluding hydrogens is 166 g/mol. The molecule has 0 heterocycles. The standard InChI is InChI=1S/C10H19NO2/c1-5-8(4)9(11)10(12)13-6-7(2)3/h5,7-9H,1,6,11H2,2-4H3/t8-,9-/m0/s1. The van der Waals surface area contributed by atoms with E-state index in [2.05, 4.69) is 6.58 Å². The fraction of sp³-hybridized carbons (Fsp3) is 0.700. The Balaban J connectivity index is 3.89. The van der Waals surface area contributed by atoms with E-state index >= 15 is 0 Å². The predicted molar refractivity (Wildman–Crippen MR) is 53.1 cm³/mol. The van der Waals surface area contributed by atoms with Crippen LogP contribution in [0.1, 0.15) is 20.8 Å². The predicted octanol–water partition coefficient (Wildman–Crippen LogP) is 1.33. The zero-order valence-corrected chi connectivity index (χ0v) is 8.62. The number of hydrogen-bond acceptors (Lipinski definition) is 3. The van der Waals surface area contributed by atoms with Crippen molar-refractivity contribution in [2.24, 2.45) is 17.6 Å². The van der Waals surface area contributed by atoms with Crippen molar-refractivity contribution in [3.63, 3.8) is 0 Å². The molecule has 3 nitrogen and oxygen atoms in total. The molecule has 0 amide bonds. The van der Waals surface area contributed by atoms with Crippen LogP contribution >= 0.6 is 0 Å². The minimum Gasteiger partial charge on any atom is -0.464 e. The van der Waals surface area contributed by atoms with Crippen LogP contribution in [0.4, 0.5) is 0 Å². The number of nitrogens with two attached hydrogens (primary N) is 1. The molecular formula is C10H19NO2. The average Bonchev–Trinajstić information content (AvgIpc) is 2.11. The molecule has 13 heavy (non-hydrogen) atoms. The van der Waals surface area contributed by atoms with Gasteiger partial charge in [-0.3, -0.25) is 4.79 Å². The van der Waals surface area contributed by atoms with Crippen LogP contribution in [0.5, 0.6) is 0 Å². The second-order valence-corrected chi connectivity index (χ2v) is 3.64. The van der Waals surface area contributed by atoms with Gasteiger partial charge in [-0.05, 0) is 11.8 Å². The second kappa shape index (κ2) is 5.75. The van der Waals surface area contributed by atoms with Gasteiger partial charge in [0.2, 0.25) is 0 Å². The van der Waals surface area contributed by atoms with Crippen LogP contribution < -0.4 is 5.73 Å². The maximum atomic E-state index is 11.3. The average molecular weight is 185 g/mol. The van der Waals surface area contributed by atoms with E-state index in [0.29, 0.717) is 12.5 Å². The summed E-state index contributed by atoms with van der Waals surface area (Å²) in [4.78, 5) is 11.3. The molecule has 0 bridgehead atoms. The molecule has 0 unspecified atom stereocenters. The Morgan fingerprint density at radius 2 is 2.08 bits per heavy atom. The highest BCUT2D eigenvalue weighted by atomic mass is 16.5. The van der Waals surface area contributed by atoms with Gasteiger partial charge in [-0.25, -0.2) is 0 Å². The van der Waals surface area contributed by atoms with Gasteiger partial charge in [0.15, 0.2) is 0 Å². The largest absolute Gasteiger partial charge is 0.464 e. The van der Waals surface area contributed by atoms with Crippen LogP contribution in [0.2, 0.25) is 0 Å². The number of carbonyl (C=O) groups is 1. The molecule has 3 heteroatoms. The molecule has 0 saturated carbocycles. The minimum absolute atomic E-state index is 0.0420. The molecule has 0 aliphatic heterocycles. The highest BCUT2D eigenvalue weighted by Crippen LogP contribution is 2.04. The van der Waals surface area contributed by atoms with Gasteiger partial charge in [0.25, 0.3) is 0 Å². The number of esters is 1. The SMILES string of the molecule is C=C[C@H](C)[C@H](N)C(=O)OCC(C)C. The molecule has 0 aromatic carbocycles. The Bertz CT molecular complexity index is 178. The van der Waals surface area contributed by atoms with Crippen molar-refractivity contribution in [3.8, 4) is 0 Å². The van der Waals surface area contributed by atoms with Crippen molar-refractivity contribution in [3.05, 3.63) is 12.7 Å². The lowest BCUT2D eigenvalue weighted by molar-refractivity contribution is -0.147. The Morgan fingerprint density at radius 1 is 1.54 bits per heavy atom. The van der Waals surface area contributed by atoms with Crippen LogP contribution in [0.25, 0.3) is 0 Å². The van der Waals surface area contributed by atoms with Crippen LogP contribution in [-0.4, -0.2) is 18.6 Å². The Morgan fingerprint density at radius 3 is 2.46 bits per heavy atom. The van der Waals surface area contributed by atoms with Crippen molar-refractivity contribution in [1.82, 2.24) is 0 Å².